The number of rotatable bonds is 9. The monoisotopic (exact) mass is 452 g/mol. The summed E-state index contributed by atoms with van der Waals surface area (Å²) in [5.41, 5.74) is -0.591. The lowest BCUT2D eigenvalue weighted by Gasteiger charge is -2.37. The Morgan fingerprint density at radius 3 is 2.84 bits per heavy atom. The first-order chi connectivity index (χ1) is 15.3. The quantitative estimate of drug-likeness (QED) is 0.444. The minimum Gasteiger partial charge on any atom is -0.491 e. The first-order valence-electron chi connectivity index (χ1n) is 10.3. The minimum atomic E-state index is -4.57. The number of nitrogens with zero attached hydrogens (tertiary/aromatic N) is 4. The number of anilines is 2. The van der Waals surface area contributed by atoms with Crippen molar-refractivity contribution >= 4 is 17.9 Å². The summed E-state index contributed by atoms with van der Waals surface area (Å²) in [4.78, 5) is 14.4. The minimum absolute atomic E-state index is 0.00848. The van der Waals surface area contributed by atoms with Gasteiger partial charge >= 0.3 is 6.18 Å². The molecule has 0 saturated carbocycles. The van der Waals surface area contributed by atoms with Crippen LogP contribution >= 0.6 is 0 Å². The number of aromatic nitrogens is 3. The zero-order chi connectivity index (χ0) is 23.1. The summed E-state index contributed by atoms with van der Waals surface area (Å²) < 4.78 is 50.1. The standard InChI is InChI=1S/C21H27F3N6O2/c1-14-8-15(13-32-17-4-3-5-26-19(17)21(22,23)24)12-30(11-14)18-10-28-16(9-25)20(29-18)27-6-7-31-2/h3-5,9-10,14-15,25H,6-8,11-13H2,1-2H3,(H,27,29)/t14-,15?/m0/s1. The molecule has 1 aliphatic rings. The Labute approximate surface area is 184 Å². The van der Waals surface area contributed by atoms with Gasteiger partial charge in [-0.1, -0.05) is 6.92 Å². The van der Waals surface area contributed by atoms with Crippen molar-refractivity contribution in [1.82, 2.24) is 15.0 Å². The number of methoxy groups -OCH3 is 1. The number of hydrogen-bond donors (Lipinski definition) is 2. The number of hydrogen-bond acceptors (Lipinski definition) is 8. The zero-order valence-electron chi connectivity index (χ0n) is 18.0. The number of pyridine rings is 1. The van der Waals surface area contributed by atoms with Gasteiger partial charge in [0.15, 0.2) is 11.5 Å². The molecule has 8 nitrogen and oxygen atoms in total. The average Bonchev–Trinajstić information content (AvgIpc) is 2.77. The summed E-state index contributed by atoms with van der Waals surface area (Å²) in [6, 6.07) is 2.72. The Kier molecular flexibility index (Phi) is 7.84. The second kappa shape index (κ2) is 10.6. The maximum absolute atomic E-state index is 13.2. The topological polar surface area (TPSA) is 96.2 Å². The van der Waals surface area contributed by atoms with Crippen LogP contribution in [0.4, 0.5) is 24.8 Å². The van der Waals surface area contributed by atoms with Crippen molar-refractivity contribution in [2.75, 3.05) is 50.2 Å². The molecule has 0 radical (unpaired) electrons. The van der Waals surface area contributed by atoms with E-state index in [1.807, 2.05) is 0 Å². The highest BCUT2D eigenvalue weighted by molar-refractivity contribution is 5.81. The Morgan fingerprint density at radius 1 is 1.31 bits per heavy atom. The number of ether oxygens (including phenoxy) is 2. The normalized spacial score (nSPS) is 19.0. The third kappa shape index (κ3) is 6.06. The predicted octanol–water partition coefficient (Wildman–Crippen LogP) is 3.49. The van der Waals surface area contributed by atoms with Crippen molar-refractivity contribution < 1.29 is 22.6 Å². The number of halogens is 3. The molecule has 11 heteroatoms. The highest BCUT2D eigenvalue weighted by Gasteiger charge is 2.36. The van der Waals surface area contributed by atoms with E-state index in [1.54, 1.807) is 13.3 Å². The summed E-state index contributed by atoms with van der Waals surface area (Å²) in [6.45, 7) is 4.55. The van der Waals surface area contributed by atoms with Crippen molar-refractivity contribution in [3.63, 3.8) is 0 Å². The molecular formula is C21H27F3N6O2. The van der Waals surface area contributed by atoms with E-state index in [9.17, 15) is 13.2 Å². The van der Waals surface area contributed by atoms with Crippen molar-refractivity contribution in [3.8, 4) is 5.75 Å². The maximum Gasteiger partial charge on any atom is 0.437 e. The Hall–Kier alpha value is -2.95. The number of piperidine rings is 1. The van der Waals surface area contributed by atoms with Crippen molar-refractivity contribution in [2.24, 2.45) is 11.8 Å². The molecule has 1 saturated heterocycles. The Bertz CT molecular complexity index is 911. The second-order valence-corrected chi connectivity index (χ2v) is 7.80. The summed E-state index contributed by atoms with van der Waals surface area (Å²) in [7, 11) is 1.60. The van der Waals surface area contributed by atoms with E-state index in [-0.39, 0.29) is 18.3 Å². The molecule has 174 valence electrons. The number of alkyl halides is 3. The van der Waals surface area contributed by atoms with Gasteiger partial charge in [-0.25, -0.2) is 15.0 Å². The SMILES string of the molecule is COCCNc1nc(N2CC(COc3cccnc3C(F)(F)F)C[C@H](C)C2)cnc1C=N. The molecule has 3 heterocycles. The summed E-state index contributed by atoms with van der Waals surface area (Å²) >= 11 is 0. The summed E-state index contributed by atoms with van der Waals surface area (Å²) in [5.74, 6) is 1.18. The van der Waals surface area contributed by atoms with Gasteiger partial charge in [-0.15, -0.1) is 0 Å². The van der Waals surface area contributed by atoms with Crippen molar-refractivity contribution in [3.05, 3.63) is 35.9 Å². The number of nitrogens with one attached hydrogen (secondary N) is 2. The van der Waals surface area contributed by atoms with Crippen molar-refractivity contribution in [2.45, 2.75) is 19.5 Å². The van der Waals surface area contributed by atoms with E-state index in [1.165, 1.54) is 12.1 Å². The van der Waals surface area contributed by atoms with E-state index in [0.29, 0.717) is 42.9 Å². The maximum atomic E-state index is 13.2. The third-order valence-electron chi connectivity index (χ3n) is 5.11. The van der Waals surface area contributed by atoms with Gasteiger partial charge < -0.3 is 25.1 Å². The van der Waals surface area contributed by atoms with E-state index >= 15 is 0 Å². The fourth-order valence-electron chi connectivity index (χ4n) is 3.76. The van der Waals surface area contributed by atoms with Crippen LogP contribution in [0.5, 0.6) is 5.75 Å². The smallest absolute Gasteiger partial charge is 0.437 e. The molecule has 2 aromatic rings. The van der Waals surface area contributed by atoms with Crippen LogP contribution in [0.3, 0.4) is 0 Å². The van der Waals surface area contributed by atoms with Crippen LogP contribution in [0, 0.1) is 17.2 Å². The molecule has 2 atom stereocenters. The highest BCUT2D eigenvalue weighted by Crippen LogP contribution is 2.35. The van der Waals surface area contributed by atoms with E-state index in [2.05, 4.69) is 32.1 Å². The lowest BCUT2D eigenvalue weighted by Crippen LogP contribution is -2.42. The van der Waals surface area contributed by atoms with Gasteiger partial charge in [0.2, 0.25) is 0 Å². The molecule has 32 heavy (non-hydrogen) atoms. The molecule has 1 fully saturated rings. The molecule has 0 amide bonds. The lowest BCUT2D eigenvalue weighted by atomic mass is 9.91. The van der Waals surface area contributed by atoms with Crippen LogP contribution in [0.25, 0.3) is 0 Å². The van der Waals surface area contributed by atoms with Crippen LogP contribution in [0.2, 0.25) is 0 Å². The molecule has 0 spiro atoms. The highest BCUT2D eigenvalue weighted by atomic mass is 19.4. The summed E-state index contributed by atoms with van der Waals surface area (Å²) in [6.07, 6.45) is 0.104. The molecule has 0 bridgehead atoms. The van der Waals surface area contributed by atoms with Crippen LogP contribution in [0.15, 0.2) is 24.5 Å². The van der Waals surface area contributed by atoms with Crippen LogP contribution < -0.4 is 15.0 Å². The first-order valence-corrected chi connectivity index (χ1v) is 10.3. The predicted molar refractivity (Wildman–Crippen MR) is 115 cm³/mol. The van der Waals surface area contributed by atoms with Crippen LogP contribution in [-0.4, -0.2) is 61.1 Å². The van der Waals surface area contributed by atoms with Crippen molar-refractivity contribution in [1.29, 1.82) is 5.41 Å². The molecule has 2 aromatic heterocycles. The van der Waals surface area contributed by atoms with E-state index in [4.69, 9.17) is 14.9 Å². The molecule has 1 unspecified atom stereocenters. The van der Waals surface area contributed by atoms with Crippen LogP contribution in [0.1, 0.15) is 24.7 Å². The Balaban J connectivity index is 1.71. The fourth-order valence-corrected chi connectivity index (χ4v) is 3.76. The van der Waals surface area contributed by atoms with Gasteiger partial charge in [-0.05, 0) is 24.5 Å². The van der Waals surface area contributed by atoms with Gasteiger partial charge in [0.05, 0.1) is 19.4 Å². The molecule has 2 N–H and O–H groups in total. The molecule has 1 aliphatic heterocycles. The zero-order valence-corrected chi connectivity index (χ0v) is 18.0. The van der Waals surface area contributed by atoms with E-state index in [0.717, 1.165) is 25.4 Å². The lowest BCUT2D eigenvalue weighted by molar-refractivity contribution is -0.142. The second-order valence-electron chi connectivity index (χ2n) is 7.80. The molecule has 3 rings (SSSR count). The average molecular weight is 452 g/mol. The molecular weight excluding hydrogens is 425 g/mol. The molecule has 0 aromatic carbocycles. The fraction of sp³-hybridized carbons (Fsp3) is 0.524. The van der Waals surface area contributed by atoms with Gasteiger partial charge in [0.25, 0.3) is 0 Å². The first kappa shape index (κ1) is 23.7. The van der Waals surface area contributed by atoms with Gasteiger partial charge in [-0.2, -0.15) is 13.2 Å². The van der Waals surface area contributed by atoms with Gasteiger partial charge in [-0.3, -0.25) is 0 Å². The third-order valence-corrected chi connectivity index (χ3v) is 5.11. The summed E-state index contributed by atoms with van der Waals surface area (Å²) in [5, 5.41) is 10.6. The van der Waals surface area contributed by atoms with Gasteiger partial charge in [0.1, 0.15) is 17.3 Å². The van der Waals surface area contributed by atoms with Crippen LogP contribution in [-0.2, 0) is 10.9 Å². The van der Waals surface area contributed by atoms with E-state index < -0.39 is 11.9 Å². The van der Waals surface area contributed by atoms with Gasteiger partial charge in [0, 0.05) is 45.1 Å². The molecule has 0 aliphatic carbocycles. The Morgan fingerprint density at radius 2 is 2.12 bits per heavy atom. The largest absolute Gasteiger partial charge is 0.491 e.